The number of hydrogen-bond acceptors (Lipinski definition) is 4. The van der Waals surface area contributed by atoms with Crippen LogP contribution in [0.3, 0.4) is 0 Å². The fourth-order valence-corrected chi connectivity index (χ4v) is 5.97. The Morgan fingerprint density at radius 1 is 0.839 bits per heavy atom. The average molecular weight is 413 g/mol. The largest absolute Gasteiger partial charge is 0.426 e. The van der Waals surface area contributed by atoms with Crippen molar-refractivity contribution in [3.63, 3.8) is 0 Å². The maximum Gasteiger partial charge on any atom is 0.312 e. The minimum absolute atomic E-state index is 0.00692. The molecule has 0 N–H and O–H groups in total. The highest BCUT2D eigenvalue weighted by Gasteiger charge is 2.66. The number of esters is 1. The van der Waals surface area contributed by atoms with Gasteiger partial charge in [0.15, 0.2) is 0 Å². The molecule has 0 unspecified atom stereocenters. The molecular formula is C26H23NO4. The van der Waals surface area contributed by atoms with E-state index in [0.29, 0.717) is 17.6 Å². The minimum Gasteiger partial charge on any atom is -0.426 e. The van der Waals surface area contributed by atoms with Gasteiger partial charge in [0.2, 0.25) is 11.8 Å². The molecule has 5 nitrogen and oxygen atoms in total. The number of amides is 2. The van der Waals surface area contributed by atoms with Crippen LogP contribution >= 0.6 is 0 Å². The smallest absolute Gasteiger partial charge is 0.312 e. The van der Waals surface area contributed by atoms with Crippen LogP contribution in [0.4, 0.5) is 0 Å². The Hall–Kier alpha value is -3.21. The summed E-state index contributed by atoms with van der Waals surface area (Å²) in [6.07, 6.45) is 5.46. The first-order valence-corrected chi connectivity index (χ1v) is 11.0. The number of hydrogen-bond donors (Lipinski definition) is 0. The van der Waals surface area contributed by atoms with E-state index in [1.807, 2.05) is 42.5 Å². The molecule has 1 saturated heterocycles. The number of likely N-dealkylation sites (tertiary alicyclic amines) is 1. The van der Waals surface area contributed by atoms with E-state index in [9.17, 15) is 14.4 Å². The quantitative estimate of drug-likeness (QED) is 0.325. The summed E-state index contributed by atoms with van der Waals surface area (Å²) < 4.78 is 5.43. The first-order valence-electron chi connectivity index (χ1n) is 11.0. The molecule has 5 heteroatoms. The summed E-state index contributed by atoms with van der Waals surface area (Å²) in [6.45, 7) is 0.0976. The first kappa shape index (κ1) is 18.6. The normalized spacial score (nSPS) is 32.1. The molecule has 0 spiro atoms. The molecule has 2 aromatic rings. The number of imide groups is 1. The van der Waals surface area contributed by atoms with Crippen molar-refractivity contribution in [3.05, 3.63) is 66.7 Å². The van der Waals surface area contributed by atoms with E-state index in [0.717, 1.165) is 17.5 Å². The van der Waals surface area contributed by atoms with Crippen molar-refractivity contribution in [1.82, 2.24) is 4.90 Å². The maximum atomic E-state index is 13.0. The maximum absolute atomic E-state index is 13.0. The third kappa shape index (κ3) is 2.94. The van der Waals surface area contributed by atoms with E-state index >= 15 is 0 Å². The fraction of sp³-hybridized carbons (Fsp3) is 0.346. The van der Waals surface area contributed by atoms with Crippen molar-refractivity contribution in [3.8, 4) is 16.9 Å². The summed E-state index contributed by atoms with van der Waals surface area (Å²) in [5.74, 6) is 0.966. The predicted molar refractivity (Wildman–Crippen MR) is 114 cm³/mol. The van der Waals surface area contributed by atoms with E-state index in [1.165, 1.54) is 4.90 Å². The summed E-state index contributed by atoms with van der Waals surface area (Å²) >= 11 is 0. The lowest BCUT2D eigenvalue weighted by molar-refractivity contribution is -0.141. The summed E-state index contributed by atoms with van der Waals surface area (Å²) in [6, 6.07) is 17.3. The summed E-state index contributed by atoms with van der Waals surface area (Å²) in [5.41, 5.74) is 2.13. The molecule has 5 aliphatic rings. The molecule has 3 fully saturated rings. The van der Waals surface area contributed by atoms with Crippen LogP contribution in [0, 0.1) is 35.5 Å². The van der Waals surface area contributed by atoms with Gasteiger partial charge in [0.1, 0.15) is 5.75 Å². The lowest BCUT2D eigenvalue weighted by Crippen LogP contribution is -2.40. The molecule has 2 aromatic carbocycles. The van der Waals surface area contributed by atoms with Crippen LogP contribution in [0.25, 0.3) is 11.1 Å². The number of carbonyl (C=O) groups excluding carboxylic acids is 3. The Labute approximate surface area is 180 Å². The van der Waals surface area contributed by atoms with Crippen molar-refractivity contribution < 1.29 is 19.1 Å². The molecule has 4 aliphatic carbocycles. The van der Waals surface area contributed by atoms with Crippen LogP contribution in [0.1, 0.15) is 12.8 Å². The lowest BCUT2D eigenvalue weighted by Gasteiger charge is -2.37. The second-order valence-corrected chi connectivity index (χ2v) is 9.10. The van der Waals surface area contributed by atoms with Gasteiger partial charge in [-0.25, -0.2) is 0 Å². The number of carbonyl (C=O) groups is 3. The SMILES string of the molecule is O=C(CCN1C(=O)[C@H]2[C@@H]3C=C[C@H]([C@@H]4C[C@H]34)[C@@H]2C1=O)Oc1ccc(-c2ccccc2)cc1. The highest BCUT2D eigenvalue weighted by Crippen LogP contribution is 2.65. The second kappa shape index (κ2) is 6.91. The van der Waals surface area contributed by atoms with Gasteiger partial charge < -0.3 is 4.74 Å². The van der Waals surface area contributed by atoms with E-state index in [2.05, 4.69) is 12.2 Å². The van der Waals surface area contributed by atoms with Crippen molar-refractivity contribution in [1.29, 1.82) is 0 Å². The van der Waals surface area contributed by atoms with E-state index < -0.39 is 5.97 Å². The highest BCUT2D eigenvalue weighted by molar-refractivity contribution is 6.06. The third-order valence-electron chi connectivity index (χ3n) is 7.49. The zero-order valence-electron chi connectivity index (χ0n) is 17.0. The first-order chi connectivity index (χ1) is 15.1. The zero-order valence-corrected chi connectivity index (χ0v) is 17.0. The summed E-state index contributed by atoms with van der Waals surface area (Å²) in [7, 11) is 0. The van der Waals surface area contributed by atoms with Gasteiger partial charge in [-0.3, -0.25) is 19.3 Å². The Morgan fingerprint density at radius 3 is 2.03 bits per heavy atom. The number of nitrogens with zero attached hydrogens (tertiary/aromatic N) is 1. The van der Waals surface area contributed by atoms with Gasteiger partial charge in [-0.1, -0.05) is 54.6 Å². The van der Waals surface area contributed by atoms with Crippen molar-refractivity contribution in [2.45, 2.75) is 12.8 Å². The molecule has 0 radical (unpaired) electrons. The molecule has 31 heavy (non-hydrogen) atoms. The summed E-state index contributed by atoms with van der Waals surface area (Å²) in [4.78, 5) is 39.6. The molecule has 2 amide bonds. The molecule has 156 valence electrons. The topological polar surface area (TPSA) is 63.7 Å². The standard InChI is InChI=1S/C26H23NO4/c28-22(31-17-8-6-16(7-9-17)15-4-2-1-3-5-15)12-13-27-25(29)23-18-10-11-19(21-14-20(18)21)24(23)26(27)30/h1-11,18-21,23-24H,12-14H2/t18-,19-,20-,21+,23+,24+/m1/s1. The van der Waals surface area contributed by atoms with Crippen LogP contribution in [0.15, 0.2) is 66.7 Å². The Morgan fingerprint density at radius 2 is 1.42 bits per heavy atom. The predicted octanol–water partition coefficient (Wildman–Crippen LogP) is 3.70. The van der Waals surface area contributed by atoms with E-state index in [1.54, 1.807) is 12.1 Å². The Kier molecular flexibility index (Phi) is 4.13. The van der Waals surface area contributed by atoms with Crippen LogP contribution in [-0.4, -0.2) is 29.2 Å². The van der Waals surface area contributed by atoms with Crippen LogP contribution in [-0.2, 0) is 14.4 Å². The minimum atomic E-state index is -0.438. The third-order valence-corrected chi connectivity index (χ3v) is 7.49. The van der Waals surface area contributed by atoms with Gasteiger partial charge >= 0.3 is 5.97 Å². The molecule has 7 rings (SSSR count). The Balaban J connectivity index is 1.08. The van der Waals surface area contributed by atoms with Crippen LogP contribution in [0.5, 0.6) is 5.75 Å². The second-order valence-electron chi connectivity index (χ2n) is 9.10. The number of benzene rings is 2. The Bertz CT molecular complexity index is 1050. The monoisotopic (exact) mass is 413 g/mol. The van der Waals surface area contributed by atoms with Gasteiger partial charge in [-0.2, -0.15) is 0 Å². The van der Waals surface area contributed by atoms with Crippen LogP contribution < -0.4 is 4.74 Å². The number of ether oxygens (including phenoxy) is 1. The average Bonchev–Trinajstić information content (AvgIpc) is 3.58. The van der Waals surface area contributed by atoms with E-state index in [-0.39, 0.29) is 48.5 Å². The molecular weight excluding hydrogens is 390 g/mol. The fourth-order valence-electron chi connectivity index (χ4n) is 5.97. The van der Waals surface area contributed by atoms with Gasteiger partial charge in [0.05, 0.1) is 18.3 Å². The molecule has 2 saturated carbocycles. The summed E-state index contributed by atoms with van der Waals surface area (Å²) in [5, 5.41) is 0. The lowest BCUT2D eigenvalue weighted by atomic mass is 9.63. The molecule has 0 aromatic heterocycles. The molecule has 1 heterocycles. The zero-order chi connectivity index (χ0) is 21.1. The van der Waals surface area contributed by atoms with Gasteiger partial charge in [-0.15, -0.1) is 0 Å². The van der Waals surface area contributed by atoms with Gasteiger partial charge in [0.25, 0.3) is 0 Å². The van der Waals surface area contributed by atoms with Gasteiger partial charge in [0, 0.05) is 6.54 Å². The molecule has 6 atom stereocenters. The number of allylic oxidation sites excluding steroid dienone is 2. The highest BCUT2D eigenvalue weighted by atomic mass is 16.5. The molecule has 2 bridgehead atoms. The number of rotatable bonds is 5. The van der Waals surface area contributed by atoms with Gasteiger partial charge in [-0.05, 0) is 53.4 Å². The van der Waals surface area contributed by atoms with Crippen molar-refractivity contribution >= 4 is 17.8 Å². The van der Waals surface area contributed by atoms with Crippen LogP contribution in [0.2, 0.25) is 0 Å². The molecule has 1 aliphatic heterocycles. The van der Waals surface area contributed by atoms with Crippen molar-refractivity contribution in [2.75, 3.05) is 6.54 Å². The van der Waals surface area contributed by atoms with Crippen molar-refractivity contribution in [2.24, 2.45) is 35.5 Å². The van der Waals surface area contributed by atoms with E-state index in [4.69, 9.17) is 4.74 Å².